The molecule has 0 saturated heterocycles. The van der Waals surface area contributed by atoms with Crippen LogP contribution in [0.1, 0.15) is 34.3 Å². The molecule has 0 bridgehead atoms. The second-order valence-corrected chi connectivity index (χ2v) is 7.55. The van der Waals surface area contributed by atoms with Crippen LogP contribution in [0, 0.1) is 0 Å². The fourth-order valence-electron chi connectivity index (χ4n) is 3.28. The highest BCUT2D eigenvalue weighted by Gasteiger charge is 2.23. The Kier molecular flexibility index (Phi) is 6.09. The zero-order valence-corrected chi connectivity index (χ0v) is 16.7. The standard InChI is InChI=1S/C25H25N3O2/c29-24(27-22-11-6-10-20(16-22)25(30)28-21-13-14-21)17-26-23-12-5-4-9-19(23)15-18-7-2-1-3-8-18/h1-12,16,21,26H,13-15,17H2,(H,27,29)(H,28,30). The molecule has 0 radical (unpaired) electrons. The summed E-state index contributed by atoms with van der Waals surface area (Å²) in [7, 11) is 0. The zero-order valence-electron chi connectivity index (χ0n) is 16.7. The molecule has 0 unspecified atom stereocenters. The van der Waals surface area contributed by atoms with Gasteiger partial charge in [0.15, 0.2) is 0 Å². The molecule has 152 valence electrons. The van der Waals surface area contributed by atoms with E-state index >= 15 is 0 Å². The summed E-state index contributed by atoms with van der Waals surface area (Å²) in [6.07, 6.45) is 2.88. The van der Waals surface area contributed by atoms with E-state index in [1.165, 1.54) is 5.56 Å². The SMILES string of the molecule is O=C(CNc1ccccc1Cc1ccccc1)Nc1cccc(C(=O)NC2CC2)c1. The molecule has 0 heterocycles. The fourth-order valence-corrected chi connectivity index (χ4v) is 3.28. The van der Waals surface area contributed by atoms with Crippen LogP contribution in [-0.2, 0) is 11.2 Å². The van der Waals surface area contributed by atoms with Crippen molar-refractivity contribution in [3.63, 3.8) is 0 Å². The normalized spacial score (nSPS) is 12.8. The van der Waals surface area contributed by atoms with Gasteiger partial charge in [0.1, 0.15) is 0 Å². The largest absolute Gasteiger partial charge is 0.376 e. The highest BCUT2D eigenvalue weighted by Crippen LogP contribution is 2.21. The van der Waals surface area contributed by atoms with Crippen molar-refractivity contribution in [1.29, 1.82) is 0 Å². The number of nitrogens with one attached hydrogen (secondary N) is 3. The average molecular weight is 399 g/mol. The second-order valence-electron chi connectivity index (χ2n) is 7.55. The second kappa shape index (κ2) is 9.27. The molecule has 3 N–H and O–H groups in total. The minimum Gasteiger partial charge on any atom is -0.376 e. The van der Waals surface area contributed by atoms with Gasteiger partial charge in [0.2, 0.25) is 5.91 Å². The lowest BCUT2D eigenvalue weighted by Gasteiger charge is -2.13. The maximum atomic E-state index is 12.5. The number of rotatable bonds is 8. The number of hydrogen-bond donors (Lipinski definition) is 3. The summed E-state index contributed by atoms with van der Waals surface area (Å²) in [5.41, 5.74) is 4.46. The van der Waals surface area contributed by atoms with Crippen molar-refractivity contribution in [2.24, 2.45) is 0 Å². The molecule has 0 aliphatic heterocycles. The van der Waals surface area contributed by atoms with Gasteiger partial charge < -0.3 is 16.0 Å². The summed E-state index contributed by atoms with van der Waals surface area (Å²) in [6, 6.07) is 25.6. The van der Waals surface area contributed by atoms with E-state index < -0.39 is 0 Å². The van der Waals surface area contributed by atoms with Crippen LogP contribution in [0.25, 0.3) is 0 Å². The molecule has 4 rings (SSSR count). The Bertz CT molecular complexity index is 1030. The number of carbonyl (C=O) groups is 2. The lowest BCUT2D eigenvalue weighted by molar-refractivity contribution is -0.114. The zero-order chi connectivity index (χ0) is 20.8. The lowest BCUT2D eigenvalue weighted by atomic mass is 10.0. The van der Waals surface area contributed by atoms with Crippen LogP contribution in [0.5, 0.6) is 0 Å². The summed E-state index contributed by atoms with van der Waals surface area (Å²) in [5, 5.41) is 9.06. The minimum atomic E-state index is -0.163. The molecule has 1 aliphatic rings. The predicted molar refractivity (Wildman–Crippen MR) is 120 cm³/mol. The van der Waals surface area contributed by atoms with Crippen LogP contribution >= 0.6 is 0 Å². The van der Waals surface area contributed by atoms with E-state index in [4.69, 9.17) is 0 Å². The number of para-hydroxylation sites is 1. The van der Waals surface area contributed by atoms with Gasteiger partial charge in [-0.05, 0) is 54.7 Å². The third-order valence-corrected chi connectivity index (χ3v) is 5.02. The summed E-state index contributed by atoms with van der Waals surface area (Å²) in [4.78, 5) is 24.6. The molecule has 2 amide bonds. The highest BCUT2D eigenvalue weighted by molar-refractivity contribution is 5.98. The molecule has 30 heavy (non-hydrogen) atoms. The van der Waals surface area contributed by atoms with Gasteiger partial charge in [-0.2, -0.15) is 0 Å². The Hall–Kier alpha value is -3.60. The van der Waals surface area contributed by atoms with Crippen LogP contribution in [0.2, 0.25) is 0 Å². The van der Waals surface area contributed by atoms with Gasteiger partial charge in [0.05, 0.1) is 6.54 Å². The first-order chi connectivity index (χ1) is 14.7. The lowest BCUT2D eigenvalue weighted by Crippen LogP contribution is -2.26. The van der Waals surface area contributed by atoms with Crippen LogP contribution in [0.3, 0.4) is 0 Å². The average Bonchev–Trinajstić information content (AvgIpc) is 3.58. The highest BCUT2D eigenvalue weighted by atomic mass is 16.2. The molecule has 0 aromatic heterocycles. The van der Waals surface area contributed by atoms with Crippen molar-refractivity contribution < 1.29 is 9.59 Å². The van der Waals surface area contributed by atoms with Crippen LogP contribution in [0.4, 0.5) is 11.4 Å². The van der Waals surface area contributed by atoms with Crippen LogP contribution in [-0.4, -0.2) is 24.4 Å². The predicted octanol–water partition coefficient (Wildman–Crippen LogP) is 4.22. The van der Waals surface area contributed by atoms with Crippen molar-refractivity contribution in [1.82, 2.24) is 5.32 Å². The summed E-state index contributed by atoms with van der Waals surface area (Å²) < 4.78 is 0. The van der Waals surface area contributed by atoms with Gasteiger partial charge in [0, 0.05) is 23.0 Å². The molecule has 3 aromatic rings. The quantitative estimate of drug-likeness (QED) is 0.531. The molecular formula is C25H25N3O2. The molecule has 1 fully saturated rings. The molecule has 0 atom stereocenters. The van der Waals surface area contributed by atoms with E-state index in [2.05, 4.69) is 34.1 Å². The smallest absolute Gasteiger partial charge is 0.251 e. The fraction of sp³-hybridized carbons (Fsp3) is 0.200. The number of amides is 2. The van der Waals surface area contributed by atoms with Crippen molar-refractivity contribution in [2.75, 3.05) is 17.2 Å². The van der Waals surface area contributed by atoms with E-state index in [1.54, 1.807) is 24.3 Å². The number of benzene rings is 3. The Balaban J connectivity index is 1.35. The minimum absolute atomic E-state index is 0.0958. The third kappa shape index (κ3) is 5.47. The summed E-state index contributed by atoms with van der Waals surface area (Å²) >= 11 is 0. The number of hydrogen-bond acceptors (Lipinski definition) is 3. The first kappa shape index (κ1) is 19.7. The molecule has 3 aromatic carbocycles. The van der Waals surface area contributed by atoms with Crippen molar-refractivity contribution >= 4 is 23.2 Å². The topological polar surface area (TPSA) is 70.2 Å². The molecule has 1 saturated carbocycles. The monoisotopic (exact) mass is 399 g/mol. The van der Waals surface area contributed by atoms with Crippen molar-refractivity contribution in [2.45, 2.75) is 25.3 Å². The van der Waals surface area contributed by atoms with Crippen LogP contribution < -0.4 is 16.0 Å². The van der Waals surface area contributed by atoms with Gasteiger partial charge in [-0.3, -0.25) is 9.59 Å². The molecular weight excluding hydrogens is 374 g/mol. The van der Waals surface area contributed by atoms with Gasteiger partial charge in [-0.25, -0.2) is 0 Å². The number of anilines is 2. The Morgan fingerprint density at radius 1 is 0.867 bits per heavy atom. The van der Waals surface area contributed by atoms with Crippen molar-refractivity contribution in [3.05, 3.63) is 95.6 Å². The third-order valence-electron chi connectivity index (χ3n) is 5.02. The van der Waals surface area contributed by atoms with Gasteiger partial charge in [0.25, 0.3) is 5.91 Å². The van der Waals surface area contributed by atoms with Gasteiger partial charge in [-0.15, -0.1) is 0 Å². The Morgan fingerprint density at radius 2 is 1.63 bits per heavy atom. The van der Waals surface area contributed by atoms with E-state index in [0.29, 0.717) is 17.3 Å². The summed E-state index contributed by atoms with van der Waals surface area (Å²) in [5.74, 6) is -0.258. The van der Waals surface area contributed by atoms with Crippen LogP contribution in [0.15, 0.2) is 78.9 Å². The first-order valence-corrected chi connectivity index (χ1v) is 10.2. The summed E-state index contributed by atoms with van der Waals surface area (Å²) in [6.45, 7) is 0.143. The maximum absolute atomic E-state index is 12.5. The molecule has 5 heteroatoms. The maximum Gasteiger partial charge on any atom is 0.251 e. The van der Waals surface area contributed by atoms with Gasteiger partial charge >= 0.3 is 0 Å². The van der Waals surface area contributed by atoms with Gasteiger partial charge in [-0.1, -0.05) is 54.6 Å². The Labute approximate surface area is 176 Å². The molecule has 0 spiro atoms. The number of carbonyl (C=O) groups excluding carboxylic acids is 2. The Morgan fingerprint density at radius 3 is 2.43 bits per heavy atom. The van der Waals surface area contributed by atoms with E-state index in [-0.39, 0.29) is 18.4 Å². The first-order valence-electron chi connectivity index (χ1n) is 10.2. The van der Waals surface area contributed by atoms with E-state index in [1.807, 2.05) is 36.4 Å². The van der Waals surface area contributed by atoms with E-state index in [9.17, 15) is 9.59 Å². The van der Waals surface area contributed by atoms with E-state index in [0.717, 1.165) is 30.5 Å². The van der Waals surface area contributed by atoms with Crippen molar-refractivity contribution in [3.8, 4) is 0 Å². The molecule has 5 nitrogen and oxygen atoms in total. The molecule has 1 aliphatic carbocycles.